The zero-order chi connectivity index (χ0) is 16.5. The maximum Gasteiger partial charge on any atom is 0.191 e. The van der Waals surface area contributed by atoms with Gasteiger partial charge in [0, 0.05) is 45.3 Å². The zero-order valence-electron chi connectivity index (χ0n) is 15.5. The number of rotatable bonds is 8. The number of hydrogen-bond acceptors (Lipinski definition) is 3. The van der Waals surface area contributed by atoms with Gasteiger partial charge in [-0.2, -0.15) is 0 Å². The lowest BCUT2D eigenvalue weighted by Gasteiger charge is -2.24. The summed E-state index contributed by atoms with van der Waals surface area (Å²) in [4.78, 5) is 9.47. The highest BCUT2D eigenvalue weighted by atomic mass is 15.3. The molecule has 134 valence electrons. The first-order valence-electron chi connectivity index (χ1n) is 9.62. The zero-order valence-corrected chi connectivity index (χ0v) is 15.5. The molecular formula is C18H37N5. The summed E-state index contributed by atoms with van der Waals surface area (Å²) in [5.41, 5.74) is 0. The lowest BCUT2D eigenvalue weighted by molar-refractivity contribution is 0.242. The van der Waals surface area contributed by atoms with Crippen LogP contribution in [0.25, 0.3) is 0 Å². The maximum absolute atomic E-state index is 4.39. The topological polar surface area (TPSA) is 42.9 Å². The van der Waals surface area contributed by atoms with Gasteiger partial charge in [-0.05, 0) is 39.3 Å². The fourth-order valence-corrected chi connectivity index (χ4v) is 3.80. The first-order valence-corrected chi connectivity index (χ1v) is 9.62. The van der Waals surface area contributed by atoms with E-state index >= 15 is 0 Å². The quantitative estimate of drug-likeness (QED) is 0.529. The van der Waals surface area contributed by atoms with Crippen molar-refractivity contribution in [3.8, 4) is 0 Å². The van der Waals surface area contributed by atoms with Crippen LogP contribution in [-0.4, -0.2) is 74.7 Å². The molecule has 0 aromatic rings. The summed E-state index contributed by atoms with van der Waals surface area (Å²) in [5, 5.41) is 7.08. The molecule has 0 amide bonds. The van der Waals surface area contributed by atoms with Gasteiger partial charge >= 0.3 is 0 Å². The van der Waals surface area contributed by atoms with Gasteiger partial charge < -0.3 is 15.5 Å². The highest BCUT2D eigenvalue weighted by Gasteiger charge is 2.30. The average molecular weight is 324 g/mol. The number of nitrogens with one attached hydrogen (secondary N) is 2. The first-order chi connectivity index (χ1) is 11.2. The molecule has 1 heterocycles. The second-order valence-electron chi connectivity index (χ2n) is 7.22. The maximum atomic E-state index is 4.39. The van der Waals surface area contributed by atoms with Crippen LogP contribution in [-0.2, 0) is 0 Å². The second kappa shape index (κ2) is 10.1. The van der Waals surface area contributed by atoms with Gasteiger partial charge in [0.25, 0.3) is 0 Å². The van der Waals surface area contributed by atoms with E-state index in [4.69, 9.17) is 0 Å². The van der Waals surface area contributed by atoms with E-state index in [0.717, 1.165) is 25.1 Å². The molecule has 0 aromatic heterocycles. The predicted octanol–water partition coefficient (Wildman–Crippen LogP) is 1.90. The minimum atomic E-state index is 0.555. The molecule has 0 radical (unpaired) electrons. The molecule has 1 aliphatic carbocycles. The van der Waals surface area contributed by atoms with E-state index in [9.17, 15) is 0 Å². The Labute approximate surface area is 142 Å². The molecular weight excluding hydrogens is 286 g/mol. The molecule has 0 spiro atoms. The molecule has 2 N–H and O–H groups in total. The Morgan fingerprint density at radius 1 is 1.22 bits per heavy atom. The molecule has 1 saturated carbocycles. The Hall–Kier alpha value is -0.810. The van der Waals surface area contributed by atoms with E-state index in [1.807, 2.05) is 7.05 Å². The van der Waals surface area contributed by atoms with Crippen LogP contribution in [0.15, 0.2) is 4.99 Å². The summed E-state index contributed by atoms with van der Waals surface area (Å²) in [5.74, 6) is 0.965. The minimum Gasteiger partial charge on any atom is -0.355 e. The molecule has 2 rings (SSSR count). The van der Waals surface area contributed by atoms with Crippen LogP contribution in [0.2, 0.25) is 0 Å². The summed E-state index contributed by atoms with van der Waals surface area (Å²) in [6, 6.07) is 1.41. The highest BCUT2D eigenvalue weighted by Crippen LogP contribution is 2.26. The van der Waals surface area contributed by atoms with Crippen LogP contribution in [0.3, 0.4) is 0 Å². The van der Waals surface area contributed by atoms with Crippen LogP contribution in [0.5, 0.6) is 0 Å². The molecule has 2 aliphatic rings. The lowest BCUT2D eigenvalue weighted by atomic mass is 10.2. The van der Waals surface area contributed by atoms with Gasteiger partial charge in [-0.25, -0.2) is 0 Å². The monoisotopic (exact) mass is 323 g/mol. The normalized spacial score (nSPS) is 23.8. The average Bonchev–Trinajstić information content (AvgIpc) is 3.23. The van der Waals surface area contributed by atoms with Crippen molar-refractivity contribution in [3.63, 3.8) is 0 Å². The molecule has 1 atom stereocenters. The van der Waals surface area contributed by atoms with Gasteiger partial charge in [-0.1, -0.05) is 26.2 Å². The SMILES string of the molecule is CCCCN(C)CCNC(=NC)NC1CCN(C2CCCC2)C1. The number of likely N-dealkylation sites (N-methyl/N-ethyl adjacent to an activating group) is 1. The van der Waals surface area contributed by atoms with Crippen LogP contribution >= 0.6 is 0 Å². The Bertz CT molecular complexity index is 351. The fourth-order valence-electron chi connectivity index (χ4n) is 3.80. The highest BCUT2D eigenvalue weighted by molar-refractivity contribution is 5.80. The van der Waals surface area contributed by atoms with Gasteiger partial charge in [-0.3, -0.25) is 9.89 Å². The first kappa shape index (κ1) is 18.5. The molecule has 1 saturated heterocycles. The lowest BCUT2D eigenvalue weighted by Crippen LogP contribution is -2.46. The fraction of sp³-hybridized carbons (Fsp3) is 0.944. The molecule has 5 nitrogen and oxygen atoms in total. The number of guanidine groups is 1. The molecule has 2 fully saturated rings. The van der Waals surface area contributed by atoms with Crippen molar-refractivity contribution in [2.45, 2.75) is 64.0 Å². The minimum absolute atomic E-state index is 0.555. The molecule has 1 aliphatic heterocycles. The van der Waals surface area contributed by atoms with Crippen molar-refractivity contribution >= 4 is 5.96 Å². The van der Waals surface area contributed by atoms with Gasteiger partial charge in [-0.15, -0.1) is 0 Å². The summed E-state index contributed by atoms with van der Waals surface area (Å²) in [6.07, 6.45) is 9.45. The van der Waals surface area contributed by atoms with Gasteiger partial charge in [0.05, 0.1) is 0 Å². The number of likely N-dealkylation sites (tertiary alicyclic amines) is 1. The molecule has 1 unspecified atom stereocenters. The van der Waals surface area contributed by atoms with E-state index < -0.39 is 0 Å². The Kier molecular flexibility index (Phi) is 8.17. The molecule has 0 bridgehead atoms. The van der Waals surface area contributed by atoms with Crippen molar-refractivity contribution in [2.75, 3.05) is 46.8 Å². The summed E-state index contributed by atoms with van der Waals surface area (Å²) in [7, 11) is 4.07. The Balaban J connectivity index is 1.63. The van der Waals surface area contributed by atoms with Gasteiger partial charge in [0.2, 0.25) is 0 Å². The van der Waals surface area contributed by atoms with Crippen LogP contribution in [0, 0.1) is 0 Å². The Morgan fingerprint density at radius 3 is 2.70 bits per heavy atom. The second-order valence-corrected chi connectivity index (χ2v) is 7.22. The van der Waals surface area contributed by atoms with Gasteiger partial charge in [0.1, 0.15) is 0 Å². The molecule has 23 heavy (non-hydrogen) atoms. The third-order valence-corrected chi connectivity index (χ3v) is 5.30. The van der Waals surface area contributed by atoms with Crippen molar-refractivity contribution in [3.05, 3.63) is 0 Å². The largest absolute Gasteiger partial charge is 0.355 e. The summed E-state index contributed by atoms with van der Waals surface area (Å²) >= 11 is 0. The van der Waals surface area contributed by atoms with Gasteiger partial charge in [0.15, 0.2) is 5.96 Å². The number of unbranched alkanes of at least 4 members (excludes halogenated alkanes) is 1. The third-order valence-electron chi connectivity index (χ3n) is 5.30. The Morgan fingerprint density at radius 2 is 2.00 bits per heavy atom. The number of aliphatic imine (C=N–C) groups is 1. The summed E-state index contributed by atoms with van der Waals surface area (Å²) < 4.78 is 0. The van der Waals surface area contributed by atoms with Crippen molar-refractivity contribution in [1.29, 1.82) is 0 Å². The van der Waals surface area contributed by atoms with Crippen molar-refractivity contribution in [2.24, 2.45) is 4.99 Å². The van der Waals surface area contributed by atoms with E-state index in [2.05, 4.69) is 39.4 Å². The van der Waals surface area contributed by atoms with E-state index in [1.165, 1.54) is 64.6 Å². The predicted molar refractivity (Wildman–Crippen MR) is 99.1 cm³/mol. The summed E-state index contributed by atoms with van der Waals surface area (Å²) in [6.45, 7) is 7.89. The third kappa shape index (κ3) is 6.30. The smallest absolute Gasteiger partial charge is 0.191 e. The van der Waals surface area contributed by atoms with Crippen LogP contribution in [0.4, 0.5) is 0 Å². The van der Waals surface area contributed by atoms with E-state index in [-0.39, 0.29) is 0 Å². The molecule has 0 aromatic carbocycles. The van der Waals surface area contributed by atoms with E-state index in [0.29, 0.717) is 6.04 Å². The van der Waals surface area contributed by atoms with E-state index in [1.54, 1.807) is 0 Å². The number of hydrogen-bond donors (Lipinski definition) is 2. The van der Waals surface area contributed by atoms with Crippen molar-refractivity contribution in [1.82, 2.24) is 20.4 Å². The number of nitrogens with zero attached hydrogens (tertiary/aromatic N) is 3. The molecule has 5 heteroatoms. The standard InChI is InChI=1S/C18H37N5/c1-4-5-12-22(3)14-11-20-18(19-2)21-16-10-13-23(15-16)17-8-6-7-9-17/h16-17H,4-15H2,1-3H3,(H2,19,20,21). The van der Waals surface area contributed by atoms with Crippen LogP contribution < -0.4 is 10.6 Å². The van der Waals surface area contributed by atoms with Crippen molar-refractivity contribution < 1.29 is 0 Å². The van der Waals surface area contributed by atoms with Crippen LogP contribution in [0.1, 0.15) is 51.9 Å².